The molecule has 0 aromatic carbocycles. The van der Waals surface area contributed by atoms with E-state index in [9.17, 15) is 0 Å². The number of pyridine rings is 1. The number of imidazole rings is 1. The Bertz CT molecular complexity index is 390. The van der Waals surface area contributed by atoms with Crippen LogP contribution < -0.4 is 0 Å². The van der Waals surface area contributed by atoms with Crippen molar-refractivity contribution in [1.82, 2.24) is 14.5 Å². The summed E-state index contributed by atoms with van der Waals surface area (Å²) < 4.78 is 1.92. The standard InChI is InChI=1S/C8H9N3.C2H6/c1-6-3-4-7-8(10-6)11(2)5-9-7;1-2/h3-5H,1-2H3;1-2H3. The fourth-order valence-electron chi connectivity index (χ4n) is 1.10. The summed E-state index contributed by atoms with van der Waals surface area (Å²) in [4.78, 5) is 8.50. The third kappa shape index (κ3) is 1.86. The highest BCUT2D eigenvalue weighted by Crippen LogP contribution is 2.08. The summed E-state index contributed by atoms with van der Waals surface area (Å²) in [6.07, 6.45) is 1.77. The quantitative estimate of drug-likeness (QED) is 0.618. The van der Waals surface area contributed by atoms with Crippen molar-refractivity contribution < 1.29 is 0 Å². The van der Waals surface area contributed by atoms with Crippen LogP contribution in [0.3, 0.4) is 0 Å². The fourth-order valence-corrected chi connectivity index (χ4v) is 1.10. The van der Waals surface area contributed by atoms with Crippen molar-refractivity contribution >= 4 is 11.2 Å². The van der Waals surface area contributed by atoms with Gasteiger partial charge in [-0.1, -0.05) is 13.8 Å². The fraction of sp³-hybridized carbons (Fsp3) is 0.400. The molecule has 3 heteroatoms. The summed E-state index contributed by atoms with van der Waals surface area (Å²) in [7, 11) is 1.95. The Morgan fingerprint density at radius 1 is 1.23 bits per heavy atom. The molecule has 0 atom stereocenters. The molecule has 0 radical (unpaired) electrons. The van der Waals surface area contributed by atoms with Crippen molar-refractivity contribution in [2.24, 2.45) is 7.05 Å². The second-order valence-corrected chi connectivity index (χ2v) is 2.65. The van der Waals surface area contributed by atoms with Gasteiger partial charge in [-0.05, 0) is 19.1 Å². The minimum Gasteiger partial charge on any atom is -0.318 e. The van der Waals surface area contributed by atoms with E-state index in [1.807, 2.05) is 44.5 Å². The Morgan fingerprint density at radius 3 is 2.62 bits per heavy atom. The summed E-state index contributed by atoms with van der Waals surface area (Å²) in [6.45, 7) is 5.98. The van der Waals surface area contributed by atoms with Crippen molar-refractivity contribution in [3.05, 3.63) is 24.2 Å². The van der Waals surface area contributed by atoms with Crippen molar-refractivity contribution in [1.29, 1.82) is 0 Å². The maximum Gasteiger partial charge on any atom is 0.159 e. The zero-order chi connectivity index (χ0) is 9.84. The minimum absolute atomic E-state index is 0.949. The van der Waals surface area contributed by atoms with Gasteiger partial charge in [0.1, 0.15) is 5.52 Å². The number of nitrogens with zero attached hydrogens (tertiary/aromatic N) is 3. The van der Waals surface area contributed by atoms with Crippen LogP contribution in [-0.2, 0) is 7.05 Å². The van der Waals surface area contributed by atoms with E-state index in [0.29, 0.717) is 0 Å². The summed E-state index contributed by atoms with van der Waals surface area (Å²) in [5.41, 5.74) is 2.93. The lowest BCUT2D eigenvalue weighted by molar-refractivity contribution is 0.927. The van der Waals surface area contributed by atoms with Gasteiger partial charge < -0.3 is 4.57 Å². The molecule has 0 unspecified atom stereocenters. The molecular weight excluding hydrogens is 162 g/mol. The number of hydrogen-bond donors (Lipinski definition) is 0. The first-order valence-corrected chi connectivity index (χ1v) is 4.52. The van der Waals surface area contributed by atoms with Gasteiger partial charge in [-0.25, -0.2) is 9.97 Å². The Balaban J connectivity index is 0.000000396. The normalized spacial score (nSPS) is 9.54. The molecule has 0 aliphatic rings. The number of fused-ring (bicyclic) bond motifs is 1. The van der Waals surface area contributed by atoms with Gasteiger partial charge in [0.2, 0.25) is 0 Å². The minimum atomic E-state index is 0.949. The van der Waals surface area contributed by atoms with Gasteiger partial charge in [-0.2, -0.15) is 0 Å². The van der Waals surface area contributed by atoms with E-state index in [1.54, 1.807) is 6.33 Å². The van der Waals surface area contributed by atoms with Crippen molar-refractivity contribution in [3.8, 4) is 0 Å². The molecule has 0 aliphatic heterocycles. The molecule has 2 rings (SSSR count). The molecule has 0 saturated heterocycles. The third-order valence-electron chi connectivity index (χ3n) is 1.70. The number of aromatic nitrogens is 3. The molecule has 2 aromatic heterocycles. The lowest BCUT2D eigenvalue weighted by Crippen LogP contribution is -1.88. The van der Waals surface area contributed by atoms with Crippen molar-refractivity contribution in [2.75, 3.05) is 0 Å². The predicted octanol–water partition coefficient (Wildman–Crippen LogP) is 2.30. The molecule has 0 spiro atoms. The highest BCUT2D eigenvalue weighted by atomic mass is 15.1. The average molecular weight is 177 g/mol. The average Bonchev–Trinajstić information content (AvgIpc) is 2.52. The van der Waals surface area contributed by atoms with Gasteiger partial charge >= 0.3 is 0 Å². The zero-order valence-electron chi connectivity index (χ0n) is 8.57. The van der Waals surface area contributed by atoms with E-state index in [0.717, 1.165) is 16.9 Å². The maximum atomic E-state index is 4.34. The second-order valence-electron chi connectivity index (χ2n) is 2.65. The van der Waals surface area contributed by atoms with Gasteiger partial charge in [0.15, 0.2) is 5.65 Å². The summed E-state index contributed by atoms with van der Waals surface area (Å²) in [5.74, 6) is 0. The highest BCUT2D eigenvalue weighted by Gasteiger charge is 1.98. The van der Waals surface area contributed by atoms with Crippen LogP contribution in [0.15, 0.2) is 18.5 Å². The number of rotatable bonds is 0. The monoisotopic (exact) mass is 177 g/mol. The van der Waals surface area contributed by atoms with E-state index in [2.05, 4.69) is 9.97 Å². The molecule has 0 saturated carbocycles. The van der Waals surface area contributed by atoms with Crippen LogP contribution in [0.4, 0.5) is 0 Å². The highest BCUT2D eigenvalue weighted by molar-refractivity contribution is 5.70. The zero-order valence-corrected chi connectivity index (χ0v) is 8.57. The first kappa shape index (κ1) is 9.71. The largest absolute Gasteiger partial charge is 0.318 e. The van der Waals surface area contributed by atoms with Crippen LogP contribution in [0.25, 0.3) is 11.2 Å². The number of hydrogen-bond acceptors (Lipinski definition) is 2. The molecule has 70 valence electrons. The second kappa shape index (κ2) is 4.03. The van der Waals surface area contributed by atoms with Crippen LogP contribution in [0.5, 0.6) is 0 Å². The van der Waals surface area contributed by atoms with Crippen molar-refractivity contribution in [2.45, 2.75) is 20.8 Å². The van der Waals surface area contributed by atoms with Gasteiger partial charge in [-0.15, -0.1) is 0 Å². The van der Waals surface area contributed by atoms with E-state index in [-0.39, 0.29) is 0 Å². The molecular formula is C10H15N3. The van der Waals surface area contributed by atoms with E-state index >= 15 is 0 Å². The Kier molecular flexibility index (Phi) is 3.01. The maximum absolute atomic E-state index is 4.34. The molecule has 2 aromatic rings. The van der Waals surface area contributed by atoms with Gasteiger partial charge in [0.05, 0.1) is 6.33 Å². The first-order valence-electron chi connectivity index (χ1n) is 4.52. The summed E-state index contributed by atoms with van der Waals surface area (Å²) in [5, 5.41) is 0. The van der Waals surface area contributed by atoms with Crippen LogP contribution in [0.1, 0.15) is 19.5 Å². The smallest absolute Gasteiger partial charge is 0.159 e. The SMILES string of the molecule is CC.Cc1ccc2ncn(C)c2n1. The van der Waals surface area contributed by atoms with Gasteiger partial charge in [0.25, 0.3) is 0 Å². The molecule has 3 nitrogen and oxygen atoms in total. The Hall–Kier alpha value is -1.38. The van der Waals surface area contributed by atoms with Gasteiger partial charge in [-0.3, -0.25) is 0 Å². The topological polar surface area (TPSA) is 30.7 Å². The lowest BCUT2D eigenvalue weighted by atomic mass is 10.3. The molecule has 0 aliphatic carbocycles. The summed E-state index contributed by atoms with van der Waals surface area (Å²) >= 11 is 0. The van der Waals surface area contributed by atoms with Crippen LogP contribution in [0.2, 0.25) is 0 Å². The number of aryl methyl sites for hydroxylation is 2. The third-order valence-corrected chi connectivity index (χ3v) is 1.70. The molecule has 0 amide bonds. The molecule has 0 N–H and O–H groups in total. The van der Waals surface area contributed by atoms with Crippen LogP contribution >= 0.6 is 0 Å². The van der Waals surface area contributed by atoms with Crippen LogP contribution in [-0.4, -0.2) is 14.5 Å². The van der Waals surface area contributed by atoms with E-state index < -0.39 is 0 Å². The van der Waals surface area contributed by atoms with E-state index in [4.69, 9.17) is 0 Å². The molecule has 0 bridgehead atoms. The Morgan fingerprint density at radius 2 is 1.92 bits per heavy atom. The molecule has 13 heavy (non-hydrogen) atoms. The summed E-state index contributed by atoms with van der Waals surface area (Å²) in [6, 6.07) is 3.95. The van der Waals surface area contributed by atoms with E-state index in [1.165, 1.54) is 0 Å². The van der Waals surface area contributed by atoms with Gasteiger partial charge in [0, 0.05) is 12.7 Å². The lowest BCUT2D eigenvalue weighted by Gasteiger charge is -1.93. The molecule has 2 heterocycles. The molecule has 0 fully saturated rings. The first-order chi connectivity index (χ1) is 6.27. The predicted molar refractivity (Wildman–Crippen MR) is 54.6 cm³/mol. The van der Waals surface area contributed by atoms with Crippen molar-refractivity contribution in [3.63, 3.8) is 0 Å². The van der Waals surface area contributed by atoms with Crippen LogP contribution in [0, 0.1) is 6.92 Å². The Labute approximate surface area is 78.4 Å².